The number of halogens is 2. The number of carbonyl (C=O) groups excluding carboxylic acids is 1. The van der Waals surface area contributed by atoms with Crippen molar-refractivity contribution in [3.63, 3.8) is 0 Å². The number of hydrogen-bond donors (Lipinski definition) is 1. The number of fused-ring (bicyclic) bond motifs is 1. The lowest BCUT2D eigenvalue weighted by molar-refractivity contribution is -0.118. The van der Waals surface area contributed by atoms with E-state index in [2.05, 4.69) is 5.32 Å². The Bertz CT molecular complexity index is 865. The number of amides is 1. The van der Waals surface area contributed by atoms with E-state index in [1.807, 2.05) is 36.4 Å². The third kappa shape index (κ3) is 3.63. The molecule has 116 valence electrons. The summed E-state index contributed by atoms with van der Waals surface area (Å²) in [5, 5.41) is 4.78. The highest BCUT2D eigenvalue weighted by Crippen LogP contribution is 2.19. The minimum Gasteiger partial charge on any atom is -0.484 e. The van der Waals surface area contributed by atoms with Crippen molar-refractivity contribution in [1.82, 2.24) is 0 Å². The molecule has 0 saturated carbocycles. The molecule has 3 aromatic rings. The first-order valence-corrected chi connectivity index (χ1v) is 6.98. The van der Waals surface area contributed by atoms with E-state index in [1.54, 1.807) is 6.07 Å². The zero-order chi connectivity index (χ0) is 16.2. The van der Waals surface area contributed by atoms with Gasteiger partial charge < -0.3 is 10.1 Å². The van der Waals surface area contributed by atoms with Crippen molar-refractivity contribution in [2.75, 3.05) is 11.9 Å². The smallest absolute Gasteiger partial charge is 0.262 e. The van der Waals surface area contributed by atoms with E-state index < -0.39 is 11.6 Å². The molecule has 0 radical (unpaired) electrons. The predicted octanol–water partition coefficient (Wildman–Crippen LogP) is 4.14. The van der Waals surface area contributed by atoms with E-state index in [0.717, 1.165) is 22.9 Å². The summed E-state index contributed by atoms with van der Waals surface area (Å²) in [7, 11) is 0. The molecule has 0 fully saturated rings. The Morgan fingerprint density at radius 1 is 0.913 bits per heavy atom. The molecule has 0 heterocycles. The lowest BCUT2D eigenvalue weighted by Gasteiger charge is -2.08. The Hall–Kier alpha value is -2.95. The molecule has 3 rings (SSSR count). The molecule has 5 heteroatoms. The summed E-state index contributed by atoms with van der Waals surface area (Å²) in [6, 6.07) is 16.4. The van der Waals surface area contributed by atoms with E-state index in [1.165, 1.54) is 6.07 Å². The second kappa shape index (κ2) is 6.44. The van der Waals surface area contributed by atoms with Crippen LogP contribution < -0.4 is 10.1 Å². The first kappa shape index (κ1) is 15.0. The van der Waals surface area contributed by atoms with Crippen molar-refractivity contribution in [2.24, 2.45) is 0 Å². The molecule has 0 atom stereocenters. The van der Waals surface area contributed by atoms with Gasteiger partial charge in [-0.15, -0.1) is 0 Å². The molecule has 23 heavy (non-hydrogen) atoms. The van der Waals surface area contributed by atoms with Crippen LogP contribution >= 0.6 is 0 Å². The maximum Gasteiger partial charge on any atom is 0.262 e. The van der Waals surface area contributed by atoms with Gasteiger partial charge in [-0.2, -0.15) is 0 Å². The van der Waals surface area contributed by atoms with Crippen molar-refractivity contribution in [3.05, 3.63) is 72.3 Å². The Morgan fingerprint density at radius 2 is 1.70 bits per heavy atom. The maximum absolute atomic E-state index is 13.0. The minimum atomic E-state index is -1.02. The summed E-state index contributed by atoms with van der Waals surface area (Å²) >= 11 is 0. The first-order chi connectivity index (χ1) is 11.1. The highest BCUT2D eigenvalue weighted by atomic mass is 19.2. The summed E-state index contributed by atoms with van der Waals surface area (Å²) in [6.07, 6.45) is 0. The Labute approximate surface area is 131 Å². The molecule has 1 N–H and O–H groups in total. The summed E-state index contributed by atoms with van der Waals surface area (Å²) in [6.45, 7) is -0.294. The third-order valence-corrected chi connectivity index (χ3v) is 3.29. The second-order valence-electron chi connectivity index (χ2n) is 4.97. The van der Waals surface area contributed by atoms with Crippen LogP contribution in [0.4, 0.5) is 14.5 Å². The summed E-state index contributed by atoms with van der Waals surface area (Å²) in [4.78, 5) is 11.9. The number of carbonyl (C=O) groups is 1. The molecule has 0 saturated heterocycles. The second-order valence-corrected chi connectivity index (χ2v) is 4.97. The number of anilines is 1. The van der Waals surface area contributed by atoms with Gasteiger partial charge in [0.05, 0.1) is 0 Å². The molecular formula is C18H13F2NO2. The topological polar surface area (TPSA) is 38.3 Å². The summed E-state index contributed by atoms with van der Waals surface area (Å²) < 4.78 is 31.0. The summed E-state index contributed by atoms with van der Waals surface area (Å²) in [5.41, 5.74) is 0.641. The van der Waals surface area contributed by atoms with Gasteiger partial charge in [-0.3, -0.25) is 4.79 Å². The number of hydrogen-bond acceptors (Lipinski definition) is 2. The van der Waals surface area contributed by atoms with Gasteiger partial charge in [0.15, 0.2) is 18.2 Å². The maximum atomic E-state index is 13.0. The Morgan fingerprint density at radius 3 is 2.48 bits per heavy atom. The normalized spacial score (nSPS) is 10.5. The highest BCUT2D eigenvalue weighted by Gasteiger charge is 2.07. The van der Waals surface area contributed by atoms with E-state index in [9.17, 15) is 13.6 Å². The first-order valence-electron chi connectivity index (χ1n) is 6.98. The van der Waals surface area contributed by atoms with Crippen LogP contribution in [0.25, 0.3) is 10.8 Å². The number of ether oxygens (including phenoxy) is 1. The molecule has 0 aliphatic rings. The van der Waals surface area contributed by atoms with Crippen molar-refractivity contribution >= 4 is 22.4 Å². The van der Waals surface area contributed by atoms with E-state index in [4.69, 9.17) is 4.74 Å². The largest absolute Gasteiger partial charge is 0.484 e. The van der Waals surface area contributed by atoms with E-state index in [-0.39, 0.29) is 18.3 Å². The van der Waals surface area contributed by atoms with Gasteiger partial charge >= 0.3 is 0 Å². The predicted molar refractivity (Wildman–Crippen MR) is 84.4 cm³/mol. The van der Waals surface area contributed by atoms with Crippen LogP contribution in [-0.2, 0) is 4.79 Å². The standard InChI is InChI=1S/C18H13F2NO2/c19-16-8-7-15(10-17(16)20)23-11-18(22)21-14-6-5-12-3-1-2-4-13(12)9-14/h1-10H,11H2,(H,21,22). The van der Waals surface area contributed by atoms with E-state index >= 15 is 0 Å². The van der Waals surface area contributed by atoms with Gasteiger partial charge in [-0.05, 0) is 35.0 Å². The zero-order valence-corrected chi connectivity index (χ0v) is 12.1. The van der Waals surface area contributed by atoms with Gasteiger partial charge in [0.2, 0.25) is 0 Å². The molecule has 1 amide bonds. The van der Waals surface area contributed by atoms with Gasteiger partial charge in [0, 0.05) is 11.8 Å². The fraction of sp³-hybridized carbons (Fsp3) is 0.0556. The van der Waals surface area contributed by atoms with Crippen LogP contribution in [0.2, 0.25) is 0 Å². The molecule has 0 unspecified atom stereocenters. The van der Waals surface area contributed by atoms with Crippen molar-refractivity contribution < 1.29 is 18.3 Å². The van der Waals surface area contributed by atoms with Gasteiger partial charge in [-0.25, -0.2) is 8.78 Å². The summed E-state index contributed by atoms with van der Waals surface area (Å²) in [5.74, 6) is -2.27. The van der Waals surface area contributed by atoms with Crippen LogP contribution in [0, 0.1) is 11.6 Å². The lowest BCUT2D eigenvalue weighted by Crippen LogP contribution is -2.20. The number of benzene rings is 3. The Balaban J connectivity index is 1.62. The lowest BCUT2D eigenvalue weighted by atomic mass is 10.1. The molecule has 3 nitrogen and oxygen atoms in total. The molecule has 0 aromatic heterocycles. The van der Waals surface area contributed by atoms with Crippen molar-refractivity contribution in [1.29, 1.82) is 0 Å². The van der Waals surface area contributed by atoms with E-state index in [0.29, 0.717) is 5.69 Å². The van der Waals surface area contributed by atoms with Crippen LogP contribution in [0.1, 0.15) is 0 Å². The van der Waals surface area contributed by atoms with Gasteiger partial charge in [0.1, 0.15) is 5.75 Å². The fourth-order valence-electron chi connectivity index (χ4n) is 2.18. The average molecular weight is 313 g/mol. The number of rotatable bonds is 4. The highest BCUT2D eigenvalue weighted by molar-refractivity contribution is 5.95. The van der Waals surface area contributed by atoms with Crippen molar-refractivity contribution in [2.45, 2.75) is 0 Å². The van der Waals surface area contributed by atoms with Crippen LogP contribution in [0.15, 0.2) is 60.7 Å². The monoisotopic (exact) mass is 313 g/mol. The van der Waals surface area contributed by atoms with Gasteiger partial charge in [-0.1, -0.05) is 30.3 Å². The molecule has 0 aliphatic heterocycles. The van der Waals surface area contributed by atoms with Crippen molar-refractivity contribution in [3.8, 4) is 5.75 Å². The third-order valence-electron chi connectivity index (χ3n) is 3.29. The molecule has 0 aliphatic carbocycles. The molecule has 3 aromatic carbocycles. The average Bonchev–Trinajstić information content (AvgIpc) is 2.56. The SMILES string of the molecule is O=C(COc1ccc(F)c(F)c1)Nc1ccc2ccccc2c1. The quantitative estimate of drug-likeness (QED) is 0.786. The van der Waals surface area contributed by atoms with Crippen LogP contribution in [0.5, 0.6) is 5.75 Å². The minimum absolute atomic E-state index is 0.0950. The van der Waals surface area contributed by atoms with Gasteiger partial charge in [0.25, 0.3) is 5.91 Å². The number of nitrogens with one attached hydrogen (secondary N) is 1. The zero-order valence-electron chi connectivity index (χ0n) is 12.1. The molecule has 0 spiro atoms. The Kier molecular flexibility index (Phi) is 4.19. The molecular weight excluding hydrogens is 300 g/mol. The fourth-order valence-corrected chi connectivity index (χ4v) is 2.18. The molecule has 0 bridgehead atoms. The van der Waals surface area contributed by atoms with Crippen LogP contribution in [0.3, 0.4) is 0 Å². The van der Waals surface area contributed by atoms with Crippen LogP contribution in [-0.4, -0.2) is 12.5 Å².